The van der Waals surface area contributed by atoms with E-state index in [9.17, 15) is 9.59 Å². The molecule has 4 nitrogen and oxygen atoms in total. The summed E-state index contributed by atoms with van der Waals surface area (Å²) in [6, 6.07) is 0. The monoisotopic (exact) mass is 210 g/mol. The van der Waals surface area contributed by atoms with Crippen molar-refractivity contribution in [3.63, 3.8) is 0 Å². The lowest BCUT2D eigenvalue weighted by atomic mass is 10.2. The van der Waals surface area contributed by atoms with Gasteiger partial charge in [-0.05, 0) is 26.7 Å². The van der Waals surface area contributed by atoms with Crippen molar-refractivity contribution in [2.24, 2.45) is 5.73 Å². The summed E-state index contributed by atoms with van der Waals surface area (Å²) in [7, 11) is 0. The molecule has 0 aromatic heterocycles. The van der Waals surface area contributed by atoms with Gasteiger partial charge < -0.3 is 11.1 Å². The van der Waals surface area contributed by atoms with Gasteiger partial charge in [-0.2, -0.15) is 0 Å². The SMILES string of the molecule is C=C(C)C(=O)NCCCC=C(C)C(N)=O. The fourth-order valence-corrected chi connectivity index (χ4v) is 0.874. The smallest absolute Gasteiger partial charge is 0.246 e. The van der Waals surface area contributed by atoms with Crippen LogP contribution in [0.15, 0.2) is 23.8 Å². The minimum atomic E-state index is -0.402. The molecule has 0 aliphatic heterocycles. The van der Waals surface area contributed by atoms with Crippen LogP contribution in [0.5, 0.6) is 0 Å². The molecule has 0 atom stereocenters. The van der Waals surface area contributed by atoms with E-state index < -0.39 is 5.91 Å². The van der Waals surface area contributed by atoms with Gasteiger partial charge in [0.05, 0.1) is 0 Å². The second-order valence-electron chi connectivity index (χ2n) is 3.43. The molecule has 0 saturated heterocycles. The molecule has 0 heterocycles. The van der Waals surface area contributed by atoms with Crippen molar-refractivity contribution in [1.29, 1.82) is 0 Å². The van der Waals surface area contributed by atoms with E-state index >= 15 is 0 Å². The standard InChI is InChI=1S/C11H18N2O2/c1-8(2)11(15)13-7-5-4-6-9(3)10(12)14/h6H,1,4-5,7H2,2-3H3,(H2,12,14)(H,13,15). The largest absolute Gasteiger partial charge is 0.366 e. The van der Waals surface area contributed by atoms with Crippen molar-refractivity contribution in [1.82, 2.24) is 5.32 Å². The number of nitrogens with two attached hydrogens (primary N) is 1. The molecule has 0 bridgehead atoms. The van der Waals surface area contributed by atoms with Gasteiger partial charge in [0.15, 0.2) is 0 Å². The maximum Gasteiger partial charge on any atom is 0.246 e. The molecular formula is C11H18N2O2. The van der Waals surface area contributed by atoms with Crippen LogP contribution in [-0.2, 0) is 9.59 Å². The highest BCUT2D eigenvalue weighted by atomic mass is 16.2. The Bertz CT molecular complexity index is 293. The van der Waals surface area contributed by atoms with E-state index in [-0.39, 0.29) is 5.91 Å². The average Bonchev–Trinajstić information content (AvgIpc) is 2.16. The lowest BCUT2D eigenvalue weighted by Gasteiger charge is -2.02. The molecule has 3 N–H and O–H groups in total. The number of hydrogen-bond donors (Lipinski definition) is 2. The van der Waals surface area contributed by atoms with E-state index in [0.29, 0.717) is 17.7 Å². The molecule has 4 heteroatoms. The Morgan fingerprint density at radius 3 is 2.47 bits per heavy atom. The molecule has 0 unspecified atom stereocenters. The summed E-state index contributed by atoms with van der Waals surface area (Å²) in [6.45, 7) is 7.43. The zero-order valence-corrected chi connectivity index (χ0v) is 9.30. The van der Waals surface area contributed by atoms with Crippen molar-refractivity contribution >= 4 is 11.8 Å². The van der Waals surface area contributed by atoms with Crippen molar-refractivity contribution in [3.8, 4) is 0 Å². The molecule has 0 aromatic carbocycles. The highest BCUT2D eigenvalue weighted by molar-refractivity contribution is 5.92. The predicted octanol–water partition coefficient (Wildman–Crippen LogP) is 0.890. The van der Waals surface area contributed by atoms with Gasteiger partial charge in [-0.1, -0.05) is 12.7 Å². The second-order valence-corrected chi connectivity index (χ2v) is 3.43. The Morgan fingerprint density at radius 1 is 1.40 bits per heavy atom. The Morgan fingerprint density at radius 2 is 2.00 bits per heavy atom. The molecule has 0 radical (unpaired) electrons. The Labute approximate surface area is 90.2 Å². The second kappa shape index (κ2) is 6.81. The van der Waals surface area contributed by atoms with Crippen molar-refractivity contribution in [2.75, 3.05) is 6.54 Å². The van der Waals surface area contributed by atoms with E-state index in [0.717, 1.165) is 12.8 Å². The summed E-state index contributed by atoms with van der Waals surface area (Å²) in [5.41, 5.74) is 6.11. The molecule has 0 aliphatic carbocycles. The third-order valence-electron chi connectivity index (χ3n) is 1.89. The first kappa shape index (κ1) is 13.4. The van der Waals surface area contributed by atoms with Crippen LogP contribution in [0.1, 0.15) is 26.7 Å². The highest BCUT2D eigenvalue weighted by Crippen LogP contribution is 1.97. The fraction of sp³-hybridized carbons (Fsp3) is 0.455. The summed E-state index contributed by atoms with van der Waals surface area (Å²) < 4.78 is 0. The molecule has 0 fully saturated rings. The first-order chi connectivity index (χ1) is 6.95. The number of carbonyl (C=O) groups is 2. The summed E-state index contributed by atoms with van der Waals surface area (Å²) in [4.78, 5) is 21.7. The summed E-state index contributed by atoms with van der Waals surface area (Å²) in [5.74, 6) is -0.536. The molecular weight excluding hydrogens is 192 g/mol. The Balaban J connectivity index is 3.65. The molecule has 2 amide bonds. The lowest BCUT2D eigenvalue weighted by molar-refractivity contribution is -0.117. The summed E-state index contributed by atoms with van der Waals surface area (Å²) in [6.07, 6.45) is 3.28. The quantitative estimate of drug-likeness (QED) is 0.505. The molecule has 0 spiro atoms. The zero-order valence-electron chi connectivity index (χ0n) is 9.30. The minimum Gasteiger partial charge on any atom is -0.366 e. The van der Waals surface area contributed by atoms with Crippen LogP contribution in [0.25, 0.3) is 0 Å². The molecule has 84 valence electrons. The third-order valence-corrected chi connectivity index (χ3v) is 1.89. The summed E-state index contributed by atoms with van der Waals surface area (Å²) >= 11 is 0. The average molecular weight is 210 g/mol. The first-order valence-corrected chi connectivity index (χ1v) is 4.85. The fourth-order valence-electron chi connectivity index (χ4n) is 0.874. The zero-order chi connectivity index (χ0) is 11.8. The van der Waals surface area contributed by atoms with E-state index in [1.54, 1.807) is 19.9 Å². The predicted molar refractivity (Wildman–Crippen MR) is 60.0 cm³/mol. The number of nitrogens with one attached hydrogen (secondary N) is 1. The lowest BCUT2D eigenvalue weighted by Crippen LogP contribution is -2.24. The number of unbranched alkanes of at least 4 members (excludes halogenated alkanes) is 1. The number of primary amides is 1. The first-order valence-electron chi connectivity index (χ1n) is 4.85. The molecule has 0 aliphatic rings. The Kier molecular flexibility index (Phi) is 6.09. The molecule has 15 heavy (non-hydrogen) atoms. The maximum absolute atomic E-state index is 11.0. The van der Waals surface area contributed by atoms with Gasteiger partial charge >= 0.3 is 0 Å². The van der Waals surface area contributed by atoms with Gasteiger partial charge in [0.25, 0.3) is 0 Å². The van der Waals surface area contributed by atoms with Crippen molar-refractivity contribution < 1.29 is 9.59 Å². The van der Waals surface area contributed by atoms with Gasteiger partial charge in [0, 0.05) is 17.7 Å². The van der Waals surface area contributed by atoms with E-state index in [4.69, 9.17) is 5.73 Å². The number of amides is 2. The van der Waals surface area contributed by atoms with Crippen LogP contribution in [0.4, 0.5) is 0 Å². The van der Waals surface area contributed by atoms with Crippen LogP contribution in [0, 0.1) is 0 Å². The number of allylic oxidation sites excluding steroid dienone is 1. The molecule has 0 rings (SSSR count). The van der Waals surface area contributed by atoms with Gasteiger partial charge in [-0.25, -0.2) is 0 Å². The van der Waals surface area contributed by atoms with Crippen LogP contribution in [-0.4, -0.2) is 18.4 Å². The highest BCUT2D eigenvalue weighted by Gasteiger charge is 1.99. The van der Waals surface area contributed by atoms with Gasteiger partial charge in [0.2, 0.25) is 11.8 Å². The van der Waals surface area contributed by atoms with Crippen LogP contribution in [0.2, 0.25) is 0 Å². The molecule has 0 saturated carbocycles. The van der Waals surface area contributed by atoms with Crippen molar-refractivity contribution in [2.45, 2.75) is 26.7 Å². The van der Waals surface area contributed by atoms with E-state index in [2.05, 4.69) is 11.9 Å². The normalized spacial score (nSPS) is 10.9. The topological polar surface area (TPSA) is 72.2 Å². The van der Waals surface area contributed by atoms with Crippen molar-refractivity contribution in [3.05, 3.63) is 23.8 Å². The maximum atomic E-state index is 11.0. The van der Waals surface area contributed by atoms with Crippen LogP contribution < -0.4 is 11.1 Å². The number of rotatable bonds is 6. The van der Waals surface area contributed by atoms with Gasteiger partial charge in [-0.15, -0.1) is 0 Å². The van der Waals surface area contributed by atoms with Gasteiger partial charge in [-0.3, -0.25) is 9.59 Å². The van der Waals surface area contributed by atoms with Crippen LogP contribution >= 0.6 is 0 Å². The summed E-state index contributed by atoms with van der Waals surface area (Å²) in [5, 5.41) is 2.70. The Hall–Kier alpha value is -1.58. The van der Waals surface area contributed by atoms with E-state index in [1.807, 2.05) is 0 Å². The minimum absolute atomic E-state index is 0.134. The third kappa shape index (κ3) is 6.49. The van der Waals surface area contributed by atoms with E-state index in [1.165, 1.54) is 0 Å². The van der Waals surface area contributed by atoms with Gasteiger partial charge in [0.1, 0.15) is 0 Å². The number of carbonyl (C=O) groups excluding carboxylic acids is 2. The van der Waals surface area contributed by atoms with Crippen LogP contribution in [0.3, 0.4) is 0 Å². The molecule has 0 aromatic rings. The number of hydrogen-bond acceptors (Lipinski definition) is 2.